The number of carbonyl (C=O) groups excluding carboxylic acids is 3. The molecule has 9 heteroatoms. The van der Waals surface area contributed by atoms with E-state index in [1.54, 1.807) is 67.7 Å². The quantitative estimate of drug-likeness (QED) is 0.492. The van der Waals surface area contributed by atoms with Gasteiger partial charge >= 0.3 is 0 Å². The summed E-state index contributed by atoms with van der Waals surface area (Å²) in [5, 5.41) is 5.79. The minimum Gasteiger partial charge on any atom is -0.497 e. The van der Waals surface area contributed by atoms with E-state index in [0.29, 0.717) is 48.1 Å². The summed E-state index contributed by atoms with van der Waals surface area (Å²) < 4.78 is 15.8. The Kier molecular flexibility index (Phi) is 9.59. The van der Waals surface area contributed by atoms with Crippen molar-refractivity contribution >= 4 is 23.4 Å². The van der Waals surface area contributed by atoms with E-state index in [1.807, 2.05) is 0 Å². The van der Waals surface area contributed by atoms with Gasteiger partial charge < -0.3 is 29.7 Å². The van der Waals surface area contributed by atoms with Gasteiger partial charge in [-0.3, -0.25) is 14.4 Å². The third kappa shape index (κ3) is 7.04. The predicted octanol–water partition coefficient (Wildman–Crippen LogP) is 3.70. The minimum atomic E-state index is -0.949. The van der Waals surface area contributed by atoms with Crippen molar-refractivity contribution in [2.75, 3.05) is 39.3 Å². The number of hydrogen-bond donors (Lipinski definition) is 2. The molecule has 3 amide bonds. The summed E-state index contributed by atoms with van der Waals surface area (Å²) >= 11 is 0. The van der Waals surface area contributed by atoms with Crippen molar-refractivity contribution in [2.24, 2.45) is 5.92 Å². The number of rotatable bonds is 10. The van der Waals surface area contributed by atoms with Gasteiger partial charge in [-0.25, -0.2) is 0 Å². The summed E-state index contributed by atoms with van der Waals surface area (Å²) in [6, 6.07) is 12.4. The normalized spacial score (nSPS) is 18.5. The average Bonchev–Trinajstić information content (AvgIpc) is 3.46. The fourth-order valence-electron chi connectivity index (χ4n) is 5.07. The second-order valence-electron chi connectivity index (χ2n) is 9.77. The Morgan fingerprint density at radius 2 is 1.58 bits per heavy atom. The van der Waals surface area contributed by atoms with Crippen LogP contribution in [0, 0.1) is 5.92 Å². The van der Waals surface area contributed by atoms with Gasteiger partial charge in [0.1, 0.15) is 23.6 Å². The fraction of sp³-hybridized carbons (Fsp3) is 0.483. The summed E-state index contributed by atoms with van der Waals surface area (Å²) in [7, 11) is 3.14. The fourth-order valence-corrected chi connectivity index (χ4v) is 5.07. The Bertz CT molecular complexity index is 1080. The van der Waals surface area contributed by atoms with Gasteiger partial charge in [0.15, 0.2) is 0 Å². The first-order valence-electron chi connectivity index (χ1n) is 13.2. The van der Waals surface area contributed by atoms with Crippen LogP contribution < -0.4 is 20.1 Å². The molecule has 0 radical (unpaired) electrons. The number of anilines is 1. The van der Waals surface area contributed by atoms with Crippen LogP contribution in [0.2, 0.25) is 0 Å². The number of hydrogen-bond acceptors (Lipinski definition) is 6. The molecule has 0 bridgehead atoms. The number of carbonyl (C=O) groups is 3. The number of likely N-dealkylation sites (tertiary alicyclic amines) is 1. The number of nitrogens with one attached hydrogen (secondary N) is 2. The van der Waals surface area contributed by atoms with Crippen LogP contribution in [0.5, 0.6) is 11.5 Å². The SMILES string of the molecule is COc1ccc(NC(=O)[C@@H](NC(=O)[C@@H]2CCCN2C(=O)CCC2CCOCC2)c2ccc(OC)cc2)cc1. The van der Waals surface area contributed by atoms with E-state index >= 15 is 0 Å². The third-order valence-corrected chi connectivity index (χ3v) is 7.34. The van der Waals surface area contributed by atoms with E-state index in [2.05, 4.69) is 10.6 Å². The second kappa shape index (κ2) is 13.3. The van der Waals surface area contributed by atoms with Crippen LogP contribution in [0.25, 0.3) is 0 Å². The van der Waals surface area contributed by atoms with E-state index in [4.69, 9.17) is 14.2 Å². The molecule has 2 fully saturated rings. The molecular formula is C29H37N3O6. The number of ether oxygens (including phenoxy) is 3. The lowest BCUT2D eigenvalue weighted by Gasteiger charge is -2.28. The number of amides is 3. The summed E-state index contributed by atoms with van der Waals surface area (Å²) in [5.41, 5.74) is 1.19. The van der Waals surface area contributed by atoms with Gasteiger partial charge in [0.05, 0.1) is 14.2 Å². The van der Waals surface area contributed by atoms with Crippen LogP contribution in [0.15, 0.2) is 48.5 Å². The molecule has 2 aromatic rings. The van der Waals surface area contributed by atoms with Crippen molar-refractivity contribution in [3.05, 3.63) is 54.1 Å². The van der Waals surface area contributed by atoms with Crippen molar-refractivity contribution in [3.8, 4) is 11.5 Å². The van der Waals surface area contributed by atoms with Gasteiger partial charge in [-0.15, -0.1) is 0 Å². The van der Waals surface area contributed by atoms with E-state index in [-0.39, 0.29) is 17.7 Å². The molecular weight excluding hydrogens is 486 g/mol. The highest BCUT2D eigenvalue weighted by molar-refractivity contribution is 5.99. The highest BCUT2D eigenvalue weighted by Crippen LogP contribution is 2.26. The van der Waals surface area contributed by atoms with Crippen LogP contribution >= 0.6 is 0 Å². The molecule has 2 heterocycles. The zero-order valence-electron chi connectivity index (χ0n) is 22.1. The first-order valence-corrected chi connectivity index (χ1v) is 13.2. The smallest absolute Gasteiger partial charge is 0.251 e. The lowest BCUT2D eigenvalue weighted by molar-refractivity contribution is -0.139. The van der Waals surface area contributed by atoms with Gasteiger partial charge in [0, 0.05) is 31.9 Å². The maximum atomic E-state index is 13.5. The third-order valence-electron chi connectivity index (χ3n) is 7.34. The Hall–Kier alpha value is -3.59. The number of benzene rings is 2. The van der Waals surface area contributed by atoms with Crippen LogP contribution in [-0.2, 0) is 19.1 Å². The predicted molar refractivity (Wildman–Crippen MR) is 143 cm³/mol. The Balaban J connectivity index is 1.45. The molecule has 204 valence electrons. The molecule has 2 aromatic carbocycles. The monoisotopic (exact) mass is 523 g/mol. The van der Waals surface area contributed by atoms with Crippen molar-refractivity contribution in [2.45, 2.75) is 50.6 Å². The molecule has 2 N–H and O–H groups in total. The molecule has 0 saturated carbocycles. The Labute approximate surface area is 223 Å². The van der Waals surface area contributed by atoms with Crippen LogP contribution in [0.4, 0.5) is 5.69 Å². The zero-order valence-corrected chi connectivity index (χ0v) is 22.1. The summed E-state index contributed by atoms with van der Waals surface area (Å²) in [6.07, 6.45) is 4.52. The lowest BCUT2D eigenvalue weighted by Crippen LogP contribution is -2.48. The lowest BCUT2D eigenvalue weighted by atomic mass is 9.94. The zero-order chi connectivity index (χ0) is 26.9. The maximum absolute atomic E-state index is 13.5. The van der Waals surface area contributed by atoms with Gasteiger partial charge in [-0.2, -0.15) is 0 Å². The largest absolute Gasteiger partial charge is 0.497 e. The van der Waals surface area contributed by atoms with Gasteiger partial charge in [0.25, 0.3) is 5.91 Å². The minimum absolute atomic E-state index is 0.00202. The van der Waals surface area contributed by atoms with E-state index in [9.17, 15) is 14.4 Å². The second-order valence-corrected chi connectivity index (χ2v) is 9.77. The van der Waals surface area contributed by atoms with E-state index < -0.39 is 12.1 Å². The van der Waals surface area contributed by atoms with Crippen molar-refractivity contribution in [1.29, 1.82) is 0 Å². The molecule has 9 nitrogen and oxygen atoms in total. The first-order chi connectivity index (χ1) is 18.5. The van der Waals surface area contributed by atoms with Gasteiger partial charge in [-0.1, -0.05) is 12.1 Å². The van der Waals surface area contributed by atoms with Crippen LogP contribution in [0.3, 0.4) is 0 Å². The molecule has 2 aliphatic rings. The molecule has 0 aliphatic carbocycles. The molecule has 0 aromatic heterocycles. The van der Waals surface area contributed by atoms with E-state index in [0.717, 1.165) is 38.9 Å². The van der Waals surface area contributed by atoms with Crippen molar-refractivity contribution in [1.82, 2.24) is 10.2 Å². The number of methoxy groups -OCH3 is 2. The van der Waals surface area contributed by atoms with Crippen LogP contribution in [-0.4, -0.2) is 62.6 Å². The van der Waals surface area contributed by atoms with Crippen molar-refractivity contribution in [3.63, 3.8) is 0 Å². The molecule has 0 unspecified atom stereocenters. The highest BCUT2D eigenvalue weighted by Gasteiger charge is 2.36. The average molecular weight is 524 g/mol. The number of nitrogens with zero attached hydrogens (tertiary/aromatic N) is 1. The summed E-state index contributed by atoms with van der Waals surface area (Å²) in [5.74, 6) is 1.09. The standard InChI is InChI=1S/C29H37N3O6/c1-36-23-10-6-21(7-11-23)27(29(35)30-22-8-12-24(37-2)13-9-22)31-28(34)25-4-3-17-32(25)26(33)14-5-20-15-18-38-19-16-20/h6-13,20,25,27H,3-5,14-19H2,1-2H3,(H,30,35)(H,31,34)/t25-,27-/m0/s1. The first kappa shape index (κ1) is 27.4. The highest BCUT2D eigenvalue weighted by atomic mass is 16.5. The van der Waals surface area contributed by atoms with Crippen LogP contribution in [0.1, 0.15) is 50.1 Å². The van der Waals surface area contributed by atoms with Gasteiger partial charge in [-0.05, 0) is 80.0 Å². The molecule has 38 heavy (non-hydrogen) atoms. The molecule has 2 saturated heterocycles. The van der Waals surface area contributed by atoms with Gasteiger partial charge in [0.2, 0.25) is 11.8 Å². The Morgan fingerprint density at radius 1 is 0.947 bits per heavy atom. The molecule has 2 atom stereocenters. The maximum Gasteiger partial charge on any atom is 0.251 e. The molecule has 2 aliphatic heterocycles. The van der Waals surface area contributed by atoms with Crippen molar-refractivity contribution < 1.29 is 28.6 Å². The molecule has 0 spiro atoms. The Morgan fingerprint density at radius 3 is 2.21 bits per heavy atom. The summed E-state index contributed by atoms with van der Waals surface area (Å²) in [4.78, 5) is 41.6. The topological polar surface area (TPSA) is 106 Å². The molecule has 4 rings (SSSR count). The van der Waals surface area contributed by atoms with E-state index in [1.165, 1.54) is 0 Å². The summed E-state index contributed by atoms with van der Waals surface area (Å²) in [6.45, 7) is 2.05.